The Bertz CT molecular complexity index is 788. The fourth-order valence-electron chi connectivity index (χ4n) is 2.53. The van der Waals surface area contributed by atoms with Crippen LogP contribution in [-0.4, -0.2) is 48.8 Å². The van der Waals surface area contributed by atoms with Gasteiger partial charge in [0.25, 0.3) is 0 Å². The highest BCUT2D eigenvalue weighted by atomic mass is 32.2. The molecule has 1 amide bonds. The lowest BCUT2D eigenvalue weighted by molar-refractivity contribution is -0.117. The Labute approximate surface area is 131 Å². The summed E-state index contributed by atoms with van der Waals surface area (Å²) in [5.74, 6) is -4.04. The lowest BCUT2D eigenvalue weighted by Crippen LogP contribution is -2.28. The van der Waals surface area contributed by atoms with E-state index >= 15 is 0 Å². The number of rotatable bonds is 5. The minimum atomic E-state index is -3.75. The van der Waals surface area contributed by atoms with E-state index in [-0.39, 0.29) is 35.5 Å². The van der Waals surface area contributed by atoms with Crippen molar-refractivity contribution in [1.82, 2.24) is 0 Å². The van der Waals surface area contributed by atoms with E-state index in [0.29, 0.717) is 0 Å². The topological polar surface area (TPSA) is 155 Å². The number of carbonyl (C=O) groups excluding carboxylic acids is 1. The third kappa shape index (κ3) is 3.85. The molecule has 1 aromatic rings. The van der Waals surface area contributed by atoms with Crippen molar-refractivity contribution in [3.05, 3.63) is 29.3 Å². The van der Waals surface area contributed by atoms with Crippen LogP contribution in [0.25, 0.3) is 0 Å². The van der Waals surface area contributed by atoms with Crippen LogP contribution in [0.15, 0.2) is 18.2 Å². The smallest absolute Gasteiger partial charge is 0.337 e. The molecule has 0 aromatic heterocycles. The fourth-order valence-corrected chi connectivity index (χ4v) is 3.41. The highest BCUT2D eigenvalue weighted by Gasteiger charge is 2.34. The van der Waals surface area contributed by atoms with Crippen molar-refractivity contribution in [1.29, 1.82) is 0 Å². The number of sulfonamides is 1. The zero-order valence-electron chi connectivity index (χ0n) is 11.8. The molecule has 1 fully saturated rings. The van der Waals surface area contributed by atoms with E-state index in [1.165, 1.54) is 12.1 Å². The van der Waals surface area contributed by atoms with Crippen LogP contribution in [0.2, 0.25) is 0 Å². The van der Waals surface area contributed by atoms with Crippen molar-refractivity contribution < 1.29 is 33.0 Å². The van der Waals surface area contributed by atoms with Gasteiger partial charge in [0.15, 0.2) is 0 Å². The standard InChI is InChI=1S/C13H14N2O7S/c14-23(21,22)6-7-3-11(16)15(5-7)10-2-1-8(12(17)18)4-9(10)13(19)20/h1-2,4,7H,3,5-6H2,(H,17,18)(H,19,20)(H2,14,21,22). The molecule has 0 radical (unpaired) electrons. The first kappa shape index (κ1) is 16.9. The third-order valence-electron chi connectivity index (χ3n) is 3.44. The van der Waals surface area contributed by atoms with Gasteiger partial charge in [-0.05, 0) is 18.2 Å². The van der Waals surface area contributed by atoms with Crippen LogP contribution >= 0.6 is 0 Å². The van der Waals surface area contributed by atoms with E-state index in [4.69, 9.17) is 10.2 Å². The molecular formula is C13H14N2O7S. The number of anilines is 1. The van der Waals surface area contributed by atoms with Gasteiger partial charge in [-0.3, -0.25) is 4.79 Å². The normalized spacial score (nSPS) is 18.2. The summed E-state index contributed by atoms with van der Waals surface area (Å²) in [5.41, 5.74) is -0.530. The summed E-state index contributed by atoms with van der Waals surface area (Å²) in [4.78, 5) is 35.4. The lowest BCUT2D eigenvalue weighted by atomic mass is 10.1. The van der Waals surface area contributed by atoms with E-state index < -0.39 is 33.8 Å². The number of amides is 1. The number of primary sulfonamides is 1. The Kier molecular flexibility index (Phi) is 4.39. The number of nitrogens with zero attached hydrogens (tertiary/aromatic N) is 1. The van der Waals surface area contributed by atoms with E-state index in [9.17, 15) is 27.9 Å². The summed E-state index contributed by atoms with van der Waals surface area (Å²) in [5, 5.41) is 23.1. The Morgan fingerprint density at radius 1 is 1.26 bits per heavy atom. The van der Waals surface area contributed by atoms with Crippen molar-refractivity contribution >= 4 is 33.6 Å². The van der Waals surface area contributed by atoms with Gasteiger partial charge in [0.05, 0.1) is 22.6 Å². The predicted molar refractivity (Wildman–Crippen MR) is 78.8 cm³/mol. The molecule has 0 spiro atoms. The largest absolute Gasteiger partial charge is 0.478 e. The summed E-state index contributed by atoms with van der Waals surface area (Å²) < 4.78 is 22.2. The molecule has 1 saturated heterocycles. The number of nitrogens with two attached hydrogens (primary N) is 1. The number of hydrogen-bond donors (Lipinski definition) is 3. The monoisotopic (exact) mass is 342 g/mol. The Morgan fingerprint density at radius 3 is 2.43 bits per heavy atom. The zero-order chi connectivity index (χ0) is 17.4. The summed E-state index contributed by atoms with van der Waals surface area (Å²) in [7, 11) is -3.75. The van der Waals surface area contributed by atoms with Crippen LogP contribution in [0.3, 0.4) is 0 Å². The lowest BCUT2D eigenvalue weighted by Gasteiger charge is -2.19. The molecule has 10 heteroatoms. The van der Waals surface area contributed by atoms with E-state index in [1.807, 2.05) is 0 Å². The SMILES string of the molecule is NS(=O)(=O)CC1CC(=O)N(c2ccc(C(=O)O)cc2C(=O)O)C1. The average molecular weight is 342 g/mol. The molecule has 1 aliphatic rings. The first-order chi connectivity index (χ1) is 10.6. The van der Waals surface area contributed by atoms with E-state index in [2.05, 4.69) is 0 Å². The highest BCUT2D eigenvalue weighted by molar-refractivity contribution is 7.89. The second kappa shape index (κ2) is 5.97. The molecule has 2 rings (SSSR count). The zero-order valence-corrected chi connectivity index (χ0v) is 12.6. The molecule has 1 heterocycles. The van der Waals surface area contributed by atoms with E-state index in [1.54, 1.807) is 0 Å². The first-order valence-electron chi connectivity index (χ1n) is 6.50. The summed E-state index contributed by atoms with van der Waals surface area (Å²) in [6, 6.07) is 3.37. The number of hydrogen-bond acceptors (Lipinski definition) is 5. The molecule has 0 aliphatic carbocycles. The molecule has 1 unspecified atom stereocenters. The van der Waals surface area contributed by atoms with Gasteiger partial charge in [0, 0.05) is 18.9 Å². The van der Waals surface area contributed by atoms with E-state index in [0.717, 1.165) is 11.0 Å². The molecule has 4 N–H and O–H groups in total. The maximum Gasteiger partial charge on any atom is 0.337 e. The molecular weight excluding hydrogens is 328 g/mol. The molecule has 1 aliphatic heterocycles. The molecule has 23 heavy (non-hydrogen) atoms. The van der Waals surface area contributed by atoms with Gasteiger partial charge in [0.2, 0.25) is 15.9 Å². The van der Waals surface area contributed by atoms with Gasteiger partial charge in [-0.2, -0.15) is 0 Å². The quantitative estimate of drug-likeness (QED) is 0.664. The van der Waals surface area contributed by atoms with Crippen LogP contribution in [-0.2, 0) is 14.8 Å². The van der Waals surface area contributed by atoms with Crippen LogP contribution in [0.1, 0.15) is 27.1 Å². The molecule has 0 saturated carbocycles. The average Bonchev–Trinajstić information content (AvgIpc) is 2.76. The Balaban J connectivity index is 2.36. The van der Waals surface area contributed by atoms with Gasteiger partial charge >= 0.3 is 11.9 Å². The van der Waals surface area contributed by atoms with Crippen LogP contribution in [0.5, 0.6) is 0 Å². The molecule has 1 aromatic carbocycles. The molecule has 1 atom stereocenters. The summed E-state index contributed by atoms with van der Waals surface area (Å²) in [6.45, 7) is 0.00195. The molecule has 0 bridgehead atoms. The van der Waals surface area contributed by atoms with Crippen LogP contribution in [0, 0.1) is 5.92 Å². The van der Waals surface area contributed by atoms with Gasteiger partial charge in [-0.1, -0.05) is 0 Å². The van der Waals surface area contributed by atoms with Crippen molar-refractivity contribution in [3.8, 4) is 0 Å². The number of carboxylic acid groups (broad SMARTS) is 2. The minimum Gasteiger partial charge on any atom is -0.478 e. The maximum absolute atomic E-state index is 12.0. The van der Waals surface area contributed by atoms with Gasteiger partial charge in [0.1, 0.15) is 0 Å². The van der Waals surface area contributed by atoms with Crippen molar-refractivity contribution in [2.45, 2.75) is 6.42 Å². The number of benzene rings is 1. The maximum atomic E-state index is 12.0. The second-order valence-corrected chi connectivity index (χ2v) is 6.91. The molecule has 124 valence electrons. The number of carboxylic acids is 2. The Hall–Kier alpha value is -2.46. The van der Waals surface area contributed by atoms with Gasteiger partial charge < -0.3 is 15.1 Å². The van der Waals surface area contributed by atoms with Gasteiger partial charge in [-0.25, -0.2) is 23.1 Å². The minimum absolute atomic E-state index is 0.00195. The predicted octanol–water partition coefficient (Wildman–Crippen LogP) is -0.276. The summed E-state index contributed by atoms with van der Waals surface area (Å²) >= 11 is 0. The van der Waals surface area contributed by atoms with Crippen molar-refractivity contribution in [2.75, 3.05) is 17.2 Å². The van der Waals surface area contributed by atoms with Crippen molar-refractivity contribution in [3.63, 3.8) is 0 Å². The second-order valence-electron chi connectivity index (χ2n) is 5.25. The third-order valence-corrected chi connectivity index (χ3v) is 4.37. The van der Waals surface area contributed by atoms with Crippen LogP contribution in [0.4, 0.5) is 5.69 Å². The summed E-state index contributed by atoms with van der Waals surface area (Å²) in [6.07, 6.45) is -0.0732. The molecule has 9 nitrogen and oxygen atoms in total. The number of carbonyl (C=O) groups is 3. The van der Waals surface area contributed by atoms with Crippen molar-refractivity contribution in [2.24, 2.45) is 11.1 Å². The van der Waals surface area contributed by atoms with Crippen LogP contribution < -0.4 is 10.0 Å². The van der Waals surface area contributed by atoms with Gasteiger partial charge in [-0.15, -0.1) is 0 Å². The highest BCUT2D eigenvalue weighted by Crippen LogP contribution is 2.29. The Morgan fingerprint density at radius 2 is 1.91 bits per heavy atom. The fraction of sp³-hybridized carbons (Fsp3) is 0.308. The number of aromatic carboxylic acids is 2. The first-order valence-corrected chi connectivity index (χ1v) is 8.21.